The molecule has 2 aromatic carbocycles. The molecule has 2 aromatic rings. The average Bonchev–Trinajstić information content (AvgIpc) is 2.78. The Morgan fingerprint density at radius 2 is 1.71 bits per heavy atom. The highest BCUT2D eigenvalue weighted by atomic mass is 32.2. The number of nitrogens with one attached hydrogen (secondary N) is 1. The van der Waals surface area contributed by atoms with Gasteiger partial charge in [-0.15, -0.1) is 0 Å². The van der Waals surface area contributed by atoms with Crippen molar-refractivity contribution < 1.29 is 22.7 Å². The van der Waals surface area contributed by atoms with Crippen LogP contribution in [0, 0.1) is 5.92 Å². The number of hydrogen-bond acceptors (Lipinski definition) is 5. The van der Waals surface area contributed by atoms with Gasteiger partial charge >= 0.3 is 0 Å². The van der Waals surface area contributed by atoms with E-state index >= 15 is 0 Å². The molecule has 0 aliphatic carbocycles. The highest BCUT2D eigenvalue weighted by molar-refractivity contribution is 7.89. The molecule has 0 saturated carbocycles. The summed E-state index contributed by atoms with van der Waals surface area (Å²) in [6.07, 6.45) is 1.67. The first-order chi connectivity index (χ1) is 14.8. The Balaban J connectivity index is 1.83. The summed E-state index contributed by atoms with van der Waals surface area (Å²) in [5, 5.41) is 2.92. The number of carbonyl (C=O) groups is 1. The molecule has 1 heterocycles. The highest BCUT2D eigenvalue weighted by Gasteiger charge is 2.29. The van der Waals surface area contributed by atoms with E-state index in [0.717, 1.165) is 24.2 Å². The van der Waals surface area contributed by atoms with Crippen LogP contribution < -0.4 is 14.8 Å². The normalized spacial score (nSPS) is 16.5. The zero-order valence-electron chi connectivity index (χ0n) is 18.4. The molecule has 1 aliphatic rings. The molecule has 3 rings (SSSR count). The van der Waals surface area contributed by atoms with Crippen LogP contribution in [0.25, 0.3) is 0 Å². The minimum atomic E-state index is -3.67. The fraction of sp³-hybridized carbons (Fsp3) is 0.435. The number of sulfonamides is 1. The van der Waals surface area contributed by atoms with Crippen molar-refractivity contribution >= 4 is 15.9 Å². The second kappa shape index (κ2) is 9.70. The van der Waals surface area contributed by atoms with Gasteiger partial charge in [0.05, 0.1) is 30.7 Å². The summed E-state index contributed by atoms with van der Waals surface area (Å²) in [6.45, 7) is 4.97. The number of methoxy groups -OCH3 is 2. The van der Waals surface area contributed by atoms with E-state index in [1.807, 2.05) is 31.2 Å². The molecule has 0 aromatic heterocycles. The minimum Gasteiger partial charge on any atom is -0.497 e. The van der Waals surface area contributed by atoms with Crippen LogP contribution in [0.1, 0.15) is 48.7 Å². The number of piperidine rings is 1. The summed E-state index contributed by atoms with van der Waals surface area (Å²) in [4.78, 5) is 13.1. The lowest BCUT2D eigenvalue weighted by atomic mass is 10.0. The first-order valence-electron chi connectivity index (χ1n) is 10.4. The number of hydrogen-bond donors (Lipinski definition) is 1. The predicted molar refractivity (Wildman–Crippen MR) is 119 cm³/mol. The fourth-order valence-corrected chi connectivity index (χ4v) is 5.15. The molecule has 1 atom stereocenters. The van der Waals surface area contributed by atoms with Gasteiger partial charge in [0.15, 0.2) is 0 Å². The van der Waals surface area contributed by atoms with Crippen LogP contribution in [-0.4, -0.2) is 45.9 Å². The van der Waals surface area contributed by atoms with Crippen molar-refractivity contribution in [1.29, 1.82) is 0 Å². The molecule has 7 nitrogen and oxygen atoms in total. The average molecular weight is 447 g/mol. The Hall–Kier alpha value is -2.58. The number of carbonyl (C=O) groups excluding carboxylic acids is 1. The van der Waals surface area contributed by atoms with Gasteiger partial charge < -0.3 is 14.8 Å². The molecule has 8 heteroatoms. The van der Waals surface area contributed by atoms with E-state index < -0.39 is 15.9 Å². The van der Waals surface area contributed by atoms with Gasteiger partial charge in [-0.25, -0.2) is 8.42 Å². The molecule has 0 unspecified atom stereocenters. The molecule has 31 heavy (non-hydrogen) atoms. The summed E-state index contributed by atoms with van der Waals surface area (Å²) in [7, 11) is -0.618. The fourth-order valence-electron chi connectivity index (χ4n) is 3.65. The van der Waals surface area contributed by atoms with Crippen molar-refractivity contribution in [3.8, 4) is 11.5 Å². The monoisotopic (exact) mass is 446 g/mol. The first kappa shape index (κ1) is 23.1. The SMILES string of the molecule is COc1ccc([C@H](C)NC(=O)c2cc(S(=O)(=O)N3CCC(C)CC3)ccc2OC)cc1. The maximum Gasteiger partial charge on any atom is 0.255 e. The van der Waals surface area contributed by atoms with Gasteiger partial charge in [-0.1, -0.05) is 19.1 Å². The van der Waals surface area contributed by atoms with Crippen LogP contribution in [-0.2, 0) is 10.0 Å². The molecule has 0 radical (unpaired) electrons. The Labute approximate surface area is 184 Å². The quantitative estimate of drug-likeness (QED) is 0.702. The Bertz CT molecular complexity index is 1010. The third-order valence-corrected chi connectivity index (χ3v) is 7.65. The van der Waals surface area contributed by atoms with Crippen molar-refractivity contribution in [2.75, 3.05) is 27.3 Å². The van der Waals surface area contributed by atoms with Crippen molar-refractivity contribution in [1.82, 2.24) is 9.62 Å². The van der Waals surface area contributed by atoms with Crippen LogP contribution in [0.4, 0.5) is 0 Å². The van der Waals surface area contributed by atoms with E-state index in [-0.39, 0.29) is 16.5 Å². The first-order valence-corrected chi connectivity index (χ1v) is 11.8. The van der Waals surface area contributed by atoms with Crippen LogP contribution in [0.2, 0.25) is 0 Å². The Kier molecular flexibility index (Phi) is 7.23. The van der Waals surface area contributed by atoms with E-state index in [4.69, 9.17) is 9.47 Å². The van der Waals surface area contributed by atoms with Gasteiger partial charge in [-0.05, 0) is 61.6 Å². The zero-order chi connectivity index (χ0) is 22.6. The smallest absolute Gasteiger partial charge is 0.255 e. The largest absolute Gasteiger partial charge is 0.497 e. The third kappa shape index (κ3) is 5.19. The zero-order valence-corrected chi connectivity index (χ0v) is 19.2. The third-order valence-electron chi connectivity index (χ3n) is 5.76. The van der Waals surface area contributed by atoms with Crippen LogP contribution in [0.3, 0.4) is 0 Å². The number of nitrogens with zero attached hydrogens (tertiary/aromatic N) is 1. The van der Waals surface area contributed by atoms with Gasteiger partial charge in [0.2, 0.25) is 10.0 Å². The molecular formula is C23H30N2O5S. The van der Waals surface area contributed by atoms with Crippen molar-refractivity contribution in [2.24, 2.45) is 5.92 Å². The lowest BCUT2D eigenvalue weighted by Crippen LogP contribution is -2.38. The van der Waals surface area contributed by atoms with Gasteiger partial charge in [0.25, 0.3) is 5.91 Å². The second-order valence-electron chi connectivity index (χ2n) is 7.92. The summed E-state index contributed by atoms with van der Waals surface area (Å²) < 4.78 is 38.2. The van der Waals surface area contributed by atoms with Crippen LogP contribution >= 0.6 is 0 Å². The molecule has 1 N–H and O–H groups in total. The molecule has 168 valence electrons. The maximum absolute atomic E-state index is 13.1. The summed E-state index contributed by atoms with van der Waals surface area (Å²) >= 11 is 0. The highest BCUT2D eigenvalue weighted by Crippen LogP contribution is 2.28. The summed E-state index contributed by atoms with van der Waals surface area (Å²) in [5.41, 5.74) is 1.09. The van der Waals surface area contributed by atoms with E-state index in [2.05, 4.69) is 12.2 Å². The molecule has 0 spiro atoms. The van der Waals surface area contributed by atoms with Gasteiger partial charge in [0, 0.05) is 13.1 Å². The minimum absolute atomic E-state index is 0.102. The van der Waals surface area contributed by atoms with Gasteiger partial charge in [0.1, 0.15) is 11.5 Å². The topological polar surface area (TPSA) is 84.9 Å². The molecular weight excluding hydrogens is 416 g/mol. The molecule has 1 saturated heterocycles. The van der Waals surface area contributed by atoms with Crippen molar-refractivity contribution in [3.63, 3.8) is 0 Å². The number of rotatable bonds is 7. The lowest BCUT2D eigenvalue weighted by molar-refractivity contribution is 0.0936. The number of benzene rings is 2. The van der Waals surface area contributed by atoms with E-state index in [0.29, 0.717) is 24.8 Å². The predicted octanol–water partition coefficient (Wildman–Crippen LogP) is 3.62. The second-order valence-corrected chi connectivity index (χ2v) is 9.85. The van der Waals surface area contributed by atoms with Crippen molar-refractivity contribution in [3.05, 3.63) is 53.6 Å². The number of ether oxygens (including phenoxy) is 2. The molecule has 1 fully saturated rings. The summed E-state index contributed by atoms with van der Waals surface area (Å²) in [6, 6.07) is 11.5. The molecule has 1 amide bonds. The Morgan fingerprint density at radius 1 is 1.06 bits per heavy atom. The molecule has 1 aliphatic heterocycles. The van der Waals surface area contributed by atoms with Gasteiger partial charge in [-0.3, -0.25) is 4.79 Å². The maximum atomic E-state index is 13.1. The Morgan fingerprint density at radius 3 is 2.29 bits per heavy atom. The van der Waals surface area contributed by atoms with Crippen LogP contribution in [0.15, 0.2) is 47.4 Å². The van der Waals surface area contributed by atoms with E-state index in [1.54, 1.807) is 7.11 Å². The summed E-state index contributed by atoms with van der Waals surface area (Å²) in [5.74, 6) is 1.17. The van der Waals surface area contributed by atoms with Crippen LogP contribution in [0.5, 0.6) is 11.5 Å². The molecule has 0 bridgehead atoms. The van der Waals surface area contributed by atoms with E-state index in [9.17, 15) is 13.2 Å². The number of amides is 1. The van der Waals surface area contributed by atoms with E-state index in [1.165, 1.54) is 29.6 Å². The standard InChI is InChI=1S/C23H30N2O5S/c1-16-11-13-25(14-12-16)31(27,28)20-9-10-22(30-4)21(15-20)23(26)24-17(2)18-5-7-19(29-3)8-6-18/h5-10,15-17H,11-14H2,1-4H3,(H,24,26)/t17-/m0/s1. The lowest BCUT2D eigenvalue weighted by Gasteiger charge is -2.29. The van der Waals surface area contributed by atoms with Gasteiger partial charge in [-0.2, -0.15) is 4.31 Å². The van der Waals surface area contributed by atoms with Crippen molar-refractivity contribution in [2.45, 2.75) is 37.6 Å².